The van der Waals surface area contributed by atoms with E-state index in [2.05, 4.69) is 164 Å². The van der Waals surface area contributed by atoms with Gasteiger partial charge in [-0.2, -0.15) is 0 Å². The van der Waals surface area contributed by atoms with E-state index >= 15 is 0 Å². The van der Waals surface area contributed by atoms with E-state index in [1.807, 2.05) is 48.8 Å². The maximum atomic E-state index is 12.5. The number of benzene rings is 10. The number of hydrogen-bond donors (Lipinski definition) is 2. The summed E-state index contributed by atoms with van der Waals surface area (Å²) >= 11 is 0. The van der Waals surface area contributed by atoms with Crippen molar-refractivity contribution in [3.05, 3.63) is 212 Å². The van der Waals surface area contributed by atoms with Crippen molar-refractivity contribution in [3.8, 4) is 56.0 Å². The fraction of sp³-hybridized carbons (Fsp3) is 0.0984. The molecule has 10 aromatic rings. The SMILES string of the molecule is Oc1c(C=N[C@H]2CCCC[C@@H]2N=Cc2cc3ccccc3c(-c3c(-c4ccccc4)ccc4ccccc34)c2O)cc2ccccc2c1-c1c(-c2ccccc2)ccc2ccccc12.[C-]#[O+].[Ru]. The van der Waals surface area contributed by atoms with Gasteiger partial charge in [0, 0.05) is 65.3 Å². The molecular weight excluding hydrogens is 910 g/mol. The largest absolute Gasteiger partial charge is 0 e. The Morgan fingerprint density at radius 3 is 1.12 bits per heavy atom. The zero-order valence-corrected chi connectivity index (χ0v) is 38.4. The third-order valence-corrected chi connectivity index (χ3v) is 13.1. The average Bonchev–Trinajstić information content (AvgIpc) is 3.38. The fourth-order valence-electron chi connectivity index (χ4n) is 10.0. The molecule has 2 N–H and O–H groups in total. The van der Waals surface area contributed by atoms with Crippen LogP contribution in [0.5, 0.6) is 11.5 Å². The first-order valence-electron chi connectivity index (χ1n) is 22.5. The molecule has 1 aliphatic carbocycles. The summed E-state index contributed by atoms with van der Waals surface area (Å²) in [6.07, 6.45) is 7.60. The maximum Gasteiger partial charge on any atom is 0 e. The molecule has 1 aliphatic rings. The standard InChI is InChI=1S/C60H46N2O2.CO.Ru/c63-59-45(35-43-23-9-13-27-49(43)57(59)55-47-25-11-7-21-41(47)31-33-51(55)39-17-3-1-4-18-39)37-61-53-29-15-16-30-54(53)62-38-46-36-44-24-10-14-28-50(44)58(60(46)64)56-48-26-12-8-22-42(48)32-34-52(56)40-19-5-2-6-20-40;1-2;/h1-14,17-28,31-38,53-54,63-64H,15-16,29-30H2;;/t53-,54-;;/m0../s1. The summed E-state index contributed by atoms with van der Waals surface area (Å²) in [6.45, 7) is 4.50. The molecule has 0 radical (unpaired) electrons. The van der Waals surface area contributed by atoms with Gasteiger partial charge in [0.25, 0.3) is 0 Å². The second-order valence-corrected chi connectivity index (χ2v) is 16.9. The van der Waals surface area contributed by atoms with Gasteiger partial charge < -0.3 is 10.2 Å². The van der Waals surface area contributed by atoms with E-state index in [-0.39, 0.29) is 43.1 Å². The third-order valence-electron chi connectivity index (χ3n) is 13.1. The van der Waals surface area contributed by atoms with Crippen LogP contribution in [0.4, 0.5) is 0 Å². The van der Waals surface area contributed by atoms with Crippen molar-refractivity contribution in [2.24, 2.45) is 9.98 Å². The predicted molar refractivity (Wildman–Crippen MR) is 273 cm³/mol. The van der Waals surface area contributed by atoms with Crippen molar-refractivity contribution < 1.29 is 34.3 Å². The van der Waals surface area contributed by atoms with Crippen LogP contribution in [0.3, 0.4) is 0 Å². The van der Waals surface area contributed by atoms with E-state index < -0.39 is 0 Å². The quantitative estimate of drug-likeness (QED) is 0.0688. The summed E-state index contributed by atoms with van der Waals surface area (Å²) in [4.78, 5) is 10.5. The molecule has 1 saturated carbocycles. The smallest absolute Gasteiger partial charge is 0 e. The Morgan fingerprint density at radius 1 is 0.403 bits per heavy atom. The molecule has 2 atom stereocenters. The molecule has 0 heterocycles. The first-order chi connectivity index (χ1) is 32.6. The van der Waals surface area contributed by atoms with E-state index in [9.17, 15) is 10.2 Å². The van der Waals surface area contributed by atoms with Gasteiger partial charge in [0.05, 0.1) is 12.1 Å². The molecule has 0 spiro atoms. The third kappa shape index (κ3) is 8.60. The molecule has 0 aliphatic heterocycles. The Bertz CT molecular complexity index is 3260. The number of hydrogen-bond acceptors (Lipinski definition) is 4. The molecule has 0 saturated heterocycles. The second kappa shape index (κ2) is 20.0. The predicted octanol–water partition coefficient (Wildman–Crippen LogP) is 15.2. The van der Waals surface area contributed by atoms with Crippen molar-refractivity contribution in [3.63, 3.8) is 0 Å². The van der Waals surface area contributed by atoms with Crippen molar-refractivity contribution in [1.29, 1.82) is 0 Å². The molecule has 11 rings (SSSR count). The van der Waals surface area contributed by atoms with Gasteiger partial charge >= 0.3 is 11.3 Å². The topological polar surface area (TPSA) is 85.1 Å². The van der Waals surface area contributed by atoms with Gasteiger partial charge in [0.15, 0.2) is 0 Å². The summed E-state index contributed by atoms with van der Waals surface area (Å²) in [5.41, 5.74) is 9.27. The van der Waals surface area contributed by atoms with Crippen LogP contribution in [0, 0.1) is 6.65 Å². The minimum Gasteiger partial charge on any atom is 0 e. The van der Waals surface area contributed by atoms with E-state index in [1.165, 1.54) is 0 Å². The van der Waals surface area contributed by atoms with Crippen LogP contribution >= 0.6 is 0 Å². The van der Waals surface area contributed by atoms with Crippen LogP contribution in [-0.4, -0.2) is 34.7 Å². The number of aliphatic imine (C=N–C) groups is 2. The zero-order chi connectivity index (χ0) is 45.0. The van der Waals surface area contributed by atoms with E-state index in [1.54, 1.807) is 0 Å². The van der Waals surface area contributed by atoms with Gasteiger partial charge in [-0.25, -0.2) is 0 Å². The number of fused-ring (bicyclic) bond motifs is 4. The van der Waals surface area contributed by atoms with Crippen molar-refractivity contribution in [1.82, 2.24) is 0 Å². The van der Waals surface area contributed by atoms with Gasteiger partial charge in [0.2, 0.25) is 0 Å². The number of rotatable bonds is 8. The molecular formula is C61H46N2O3Ru. The van der Waals surface area contributed by atoms with Crippen LogP contribution < -0.4 is 0 Å². The summed E-state index contributed by atoms with van der Waals surface area (Å²) in [5, 5.41) is 33.4. The van der Waals surface area contributed by atoms with Gasteiger partial charge in [-0.15, -0.1) is 0 Å². The van der Waals surface area contributed by atoms with Crippen LogP contribution in [0.1, 0.15) is 36.8 Å². The Balaban J connectivity index is 0.00000185. The second-order valence-electron chi connectivity index (χ2n) is 16.9. The minimum atomic E-state index is -0.0958. The summed E-state index contributed by atoms with van der Waals surface area (Å²) in [5.74, 6) is 0.424. The van der Waals surface area contributed by atoms with Crippen LogP contribution in [0.25, 0.3) is 87.6 Å². The zero-order valence-electron chi connectivity index (χ0n) is 36.7. The number of nitrogens with zero attached hydrogens (tertiary/aromatic N) is 2. The molecule has 1 fully saturated rings. The molecule has 0 unspecified atom stereocenters. The number of phenols is 2. The Labute approximate surface area is 403 Å². The average molecular weight is 956 g/mol. The molecule has 10 aromatic carbocycles. The Hall–Kier alpha value is -7.46. The molecule has 0 amide bonds. The molecule has 6 heteroatoms. The van der Waals surface area contributed by atoms with Gasteiger partial charge in [-0.05, 0) is 90.3 Å². The molecule has 0 bridgehead atoms. The molecule has 0 aromatic heterocycles. The van der Waals surface area contributed by atoms with Crippen LogP contribution in [-0.2, 0) is 24.1 Å². The Kier molecular flexibility index (Phi) is 13.3. The van der Waals surface area contributed by atoms with Crippen LogP contribution in [0.2, 0.25) is 0 Å². The molecule has 67 heavy (non-hydrogen) atoms. The van der Waals surface area contributed by atoms with Gasteiger partial charge in [-0.3, -0.25) is 9.98 Å². The summed E-state index contributed by atoms with van der Waals surface area (Å²) < 4.78 is 7.50. The van der Waals surface area contributed by atoms with Crippen molar-refractivity contribution in [2.45, 2.75) is 37.8 Å². The van der Waals surface area contributed by atoms with E-state index in [0.717, 1.165) is 113 Å². The first-order valence-corrected chi connectivity index (χ1v) is 22.5. The van der Waals surface area contributed by atoms with E-state index in [4.69, 9.17) is 14.6 Å². The van der Waals surface area contributed by atoms with Crippen molar-refractivity contribution >= 4 is 55.5 Å². The number of aromatic hydroxyl groups is 2. The Morgan fingerprint density at radius 2 is 0.731 bits per heavy atom. The summed E-state index contributed by atoms with van der Waals surface area (Å²) in [6, 6.07) is 66.9. The van der Waals surface area contributed by atoms with Gasteiger partial charge in [-0.1, -0.05) is 195 Å². The maximum absolute atomic E-state index is 12.5. The normalized spacial score (nSPS) is 14.9. The molecule has 326 valence electrons. The number of phenolic OH excluding ortho intramolecular Hbond substituents is 2. The summed E-state index contributed by atoms with van der Waals surface area (Å²) in [7, 11) is 0. The fourth-order valence-corrected chi connectivity index (χ4v) is 10.0. The van der Waals surface area contributed by atoms with E-state index in [0.29, 0.717) is 11.1 Å². The van der Waals surface area contributed by atoms with Crippen molar-refractivity contribution in [2.75, 3.05) is 0 Å². The van der Waals surface area contributed by atoms with Crippen LogP contribution in [0.15, 0.2) is 204 Å². The first kappa shape index (κ1) is 44.7. The monoisotopic (exact) mass is 956 g/mol. The molecule has 5 nitrogen and oxygen atoms in total. The minimum absolute atomic E-state index is 0. The van der Waals surface area contributed by atoms with Gasteiger partial charge in [0.1, 0.15) is 11.5 Å².